The summed E-state index contributed by atoms with van der Waals surface area (Å²) in [5.74, 6) is -6.78. The quantitative estimate of drug-likeness (QED) is 0.185. The van der Waals surface area contributed by atoms with Crippen LogP contribution in [0.15, 0.2) is 53.5 Å². The lowest BCUT2D eigenvalue weighted by Crippen LogP contribution is -2.44. The van der Waals surface area contributed by atoms with Crippen LogP contribution < -0.4 is 16.0 Å². The van der Waals surface area contributed by atoms with E-state index in [1.807, 2.05) is 12.1 Å². The van der Waals surface area contributed by atoms with Crippen LogP contribution in [0.2, 0.25) is 0 Å². The van der Waals surface area contributed by atoms with E-state index >= 15 is 0 Å². The molecule has 0 aromatic heterocycles. The van der Waals surface area contributed by atoms with Gasteiger partial charge in [0.25, 0.3) is 5.91 Å². The molecule has 3 aromatic carbocycles. The van der Waals surface area contributed by atoms with Gasteiger partial charge in [0.15, 0.2) is 23.3 Å². The van der Waals surface area contributed by atoms with E-state index in [-0.39, 0.29) is 28.7 Å². The largest absolute Gasteiger partial charge is 0.383 e. The van der Waals surface area contributed by atoms with Crippen LogP contribution in [0.5, 0.6) is 0 Å². The van der Waals surface area contributed by atoms with E-state index in [0.717, 1.165) is 44.7 Å². The number of nitrogens with two attached hydrogens (primary N) is 1. The number of benzene rings is 3. The summed E-state index contributed by atoms with van der Waals surface area (Å²) in [4.78, 5) is 21.6. The molecule has 216 valence electrons. The third-order valence-electron chi connectivity index (χ3n) is 7.40. The minimum atomic E-state index is -1.52. The van der Waals surface area contributed by atoms with E-state index in [9.17, 15) is 22.4 Å². The molecule has 2 heterocycles. The molecule has 0 bridgehead atoms. The molecule has 2 saturated heterocycles. The Morgan fingerprint density at radius 1 is 0.951 bits per heavy atom. The molecule has 3 N–H and O–H groups in total. The number of piperazine rings is 1. The summed E-state index contributed by atoms with van der Waals surface area (Å²) < 4.78 is 62.8. The lowest BCUT2D eigenvalue weighted by molar-refractivity contribution is 0.0343. The Bertz CT molecular complexity index is 1420. The number of hydrogen-bond donors (Lipinski definition) is 2. The van der Waals surface area contributed by atoms with Crippen LogP contribution in [0.3, 0.4) is 0 Å². The van der Waals surface area contributed by atoms with Gasteiger partial charge in [-0.25, -0.2) is 17.6 Å². The highest BCUT2D eigenvalue weighted by atomic mass is 19.2. The number of anilines is 2. The second-order valence-corrected chi connectivity index (χ2v) is 10.2. The van der Waals surface area contributed by atoms with Crippen molar-refractivity contribution in [2.45, 2.75) is 25.5 Å². The topological polar surface area (TPSA) is 83.2 Å². The van der Waals surface area contributed by atoms with Gasteiger partial charge in [-0.1, -0.05) is 6.07 Å². The Morgan fingerprint density at radius 2 is 1.63 bits per heavy atom. The maximum atomic E-state index is 14.6. The molecule has 2 fully saturated rings. The van der Waals surface area contributed by atoms with Crippen molar-refractivity contribution in [3.63, 3.8) is 0 Å². The Morgan fingerprint density at radius 3 is 2.27 bits per heavy atom. The SMILES string of the molecule is CN1CCN(c2ccc(C(=O)N=C(N)c3ccc(-c4c(F)c(F)cc(F)c4F)cc3NC3CCCCO3)cc2)CC1. The predicted octanol–water partition coefficient (Wildman–Crippen LogP) is 5.15. The second kappa shape index (κ2) is 12.3. The van der Waals surface area contributed by atoms with Crippen LogP contribution in [0.4, 0.5) is 28.9 Å². The number of amidine groups is 1. The van der Waals surface area contributed by atoms with Crippen LogP contribution in [0.25, 0.3) is 11.1 Å². The fraction of sp³-hybridized carbons (Fsp3) is 0.333. The molecule has 5 rings (SSSR count). The zero-order valence-electron chi connectivity index (χ0n) is 22.6. The third-order valence-corrected chi connectivity index (χ3v) is 7.40. The maximum Gasteiger partial charge on any atom is 0.278 e. The van der Waals surface area contributed by atoms with Gasteiger partial charge in [-0.3, -0.25) is 4.79 Å². The molecule has 11 heteroatoms. The normalized spacial score (nSPS) is 18.4. The monoisotopic (exact) mass is 569 g/mol. The number of halogens is 4. The van der Waals surface area contributed by atoms with Crippen LogP contribution in [-0.2, 0) is 4.74 Å². The lowest BCUT2D eigenvalue weighted by atomic mass is 9.99. The van der Waals surface area contributed by atoms with Crippen molar-refractivity contribution in [2.24, 2.45) is 10.7 Å². The lowest BCUT2D eigenvalue weighted by Gasteiger charge is -2.34. The van der Waals surface area contributed by atoms with Crippen LogP contribution in [0.1, 0.15) is 35.2 Å². The average molecular weight is 570 g/mol. The highest BCUT2D eigenvalue weighted by Crippen LogP contribution is 2.33. The fourth-order valence-corrected chi connectivity index (χ4v) is 5.01. The molecule has 2 aliphatic heterocycles. The standard InChI is InChI=1S/C30H31F4N5O2/c1-38-11-13-39(14-12-38)20-8-5-18(6-9-20)30(40)37-29(35)21-10-7-19(16-24(21)36-25-4-2-3-15-41-25)26-27(33)22(31)17-23(32)28(26)34/h5-10,16-17,25,36H,2-4,11-15H2,1H3,(H2,35,37,40). The Hall–Kier alpha value is -3.96. The van der Waals surface area contributed by atoms with Gasteiger partial charge in [0.1, 0.15) is 12.1 Å². The Kier molecular flexibility index (Phi) is 8.55. The molecule has 2 aliphatic rings. The van der Waals surface area contributed by atoms with Crippen molar-refractivity contribution in [2.75, 3.05) is 50.1 Å². The summed E-state index contributed by atoms with van der Waals surface area (Å²) in [7, 11) is 2.08. The molecule has 0 aliphatic carbocycles. The van der Waals surface area contributed by atoms with Gasteiger partial charge in [0, 0.05) is 61.4 Å². The first-order chi connectivity index (χ1) is 19.7. The van der Waals surface area contributed by atoms with Crippen molar-refractivity contribution in [1.29, 1.82) is 0 Å². The smallest absolute Gasteiger partial charge is 0.278 e. The average Bonchev–Trinajstić information content (AvgIpc) is 2.97. The number of carbonyl (C=O) groups excluding carboxylic acids is 1. The number of ether oxygens (including phenoxy) is 1. The Labute approximate surface area is 235 Å². The zero-order chi connectivity index (χ0) is 29.1. The summed E-state index contributed by atoms with van der Waals surface area (Å²) in [5, 5.41) is 3.13. The van der Waals surface area contributed by atoms with Gasteiger partial charge < -0.3 is 25.6 Å². The van der Waals surface area contributed by atoms with E-state index in [0.29, 0.717) is 18.6 Å². The van der Waals surface area contributed by atoms with Crippen molar-refractivity contribution in [1.82, 2.24) is 4.90 Å². The second-order valence-electron chi connectivity index (χ2n) is 10.2. The van der Waals surface area contributed by atoms with E-state index in [1.165, 1.54) is 18.2 Å². The predicted molar refractivity (Wildman–Crippen MR) is 150 cm³/mol. The summed E-state index contributed by atoms with van der Waals surface area (Å²) in [5.41, 5.74) is 7.15. The Balaban J connectivity index is 1.44. The first-order valence-corrected chi connectivity index (χ1v) is 13.5. The number of aliphatic imine (C=N–C) groups is 1. The molecule has 0 saturated carbocycles. The van der Waals surface area contributed by atoms with Crippen molar-refractivity contribution in [3.8, 4) is 11.1 Å². The number of nitrogens with one attached hydrogen (secondary N) is 1. The first kappa shape index (κ1) is 28.6. The summed E-state index contributed by atoms with van der Waals surface area (Å²) in [6.45, 7) is 4.20. The highest BCUT2D eigenvalue weighted by molar-refractivity contribution is 6.11. The van der Waals surface area contributed by atoms with Crippen LogP contribution in [0, 0.1) is 23.3 Å². The van der Waals surface area contributed by atoms with Gasteiger partial charge in [-0.05, 0) is 68.3 Å². The third kappa shape index (κ3) is 6.36. The molecular formula is C30H31F4N5O2. The molecular weight excluding hydrogens is 538 g/mol. The number of likely N-dealkylation sites (N-methyl/N-ethyl adjacent to an activating group) is 1. The molecule has 41 heavy (non-hydrogen) atoms. The summed E-state index contributed by atoms with van der Waals surface area (Å²) in [6, 6.07) is 11.2. The molecule has 0 radical (unpaired) electrons. The molecule has 3 aromatic rings. The fourth-order valence-electron chi connectivity index (χ4n) is 5.01. The van der Waals surface area contributed by atoms with Crippen molar-refractivity contribution >= 4 is 23.1 Å². The first-order valence-electron chi connectivity index (χ1n) is 13.5. The van der Waals surface area contributed by atoms with E-state index in [1.54, 1.807) is 12.1 Å². The maximum absolute atomic E-state index is 14.6. The van der Waals surface area contributed by atoms with Gasteiger partial charge >= 0.3 is 0 Å². The number of carbonyl (C=O) groups is 1. The molecule has 1 amide bonds. The molecule has 0 spiro atoms. The van der Waals surface area contributed by atoms with Crippen LogP contribution in [-0.4, -0.2) is 62.7 Å². The molecule has 1 unspecified atom stereocenters. The van der Waals surface area contributed by atoms with Gasteiger partial charge in [-0.2, -0.15) is 4.99 Å². The summed E-state index contributed by atoms with van der Waals surface area (Å²) >= 11 is 0. The number of amides is 1. The van der Waals surface area contributed by atoms with Gasteiger partial charge in [0.05, 0.1) is 5.56 Å². The van der Waals surface area contributed by atoms with E-state index < -0.39 is 41.0 Å². The van der Waals surface area contributed by atoms with E-state index in [4.69, 9.17) is 10.5 Å². The highest BCUT2D eigenvalue weighted by Gasteiger charge is 2.23. The minimum absolute atomic E-state index is 0.126. The van der Waals surface area contributed by atoms with E-state index in [2.05, 4.69) is 27.2 Å². The number of nitrogens with zero attached hydrogens (tertiary/aromatic N) is 3. The van der Waals surface area contributed by atoms with Gasteiger partial charge in [0.2, 0.25) is 0 Å². The number of rotatable bonds is 6. The molecule has 7 nitrogen and oxygen atoms in total. The number of hydrogen-bond acceptors (Lipinski definition) is 5. The zero-order valence-corrected chi connectivity index (χ0v) is 22.6. The van der Waals surface area contributed by atoms with Crippen LogP contribution >= 0.6 is 0 Å². The van der Waals surface area contributed by atoms with Gasteiger partial charge in [-0.15, -0.1) is 0 Å². The summed E-state index contributed by atoms with van der Waals surface area (Å²) in [6.07, 6.45) is 1.98. The minimum Gasteiger partial charge on any atom is -0.383 e. The van der Waals surface area contributed by atoms with Crippen molar-refractivity contribution in [3.05, 3.63) is 82.9 Å². The van der Waals surface area contributed by atoms with Crippen molar-refractivity contribution < 1.29 is 27.1 Å². The molecule has 1 atom stereocenters.